The molecule has 0 aromatic heterocycles. The maximum atomic E-state index is 9.21. The molecule has 1 saturated carbocycles. The van der Waals surface area contributed by atoms with Gasteiger partial charge >= 0.3 is 0 Å². The zero-order valence-corrected chi connectivity index (χ0v) is 9.01. The topological polar surface area (TPSA) is 27.0 Å². The largest absolute Gasteiger partial charge is 0.305 e. The van der Waals surface area contributed by atoms with Crippen molar-refractivity contribution in [3.63, 3.8) is 0 Å². The molecule has 2 nitrogen and oxygen atoms in total. The molecule has 0 bridgehead atoms. The molecule has 0 saturated heterocycles. The molecule has 0 heterocycles. The van der Waals surface area contributed by atoms with Gasteiger partial charge in [0.1, 0.15) is 0 Å². The van der Waals surface area contributed by atoms with E-state index < -0.39 is 0 Å². The molecule has 1 fully saturated rings. The lowest BCUT2D eigenvalue weighted by Crippen LogP contribution is -2.47. The van der Waals surface area contributed by atoms with Crippen molar-refractivity contribution in [2.75, 3.05) is 14.1 Å². The summed E-state index contributed by atoms with van der Waals surface area (Å²) >= 11 is 0. The number of rotatable bonds is 4. The van der Waals surface area contributed by atoms with Crippen molar-refractivity contribution in [3.8, 4) is 6.07 Å². The molecule has 1 unspecified atom stereocenters. The Morgan fingerprint density at radius 2 is 2.08 bits per heavy atom. The van der Waals surface area contributed by atoms with Crippen LogP contribution in [0.2, 0.25) is 0 Å². The second-order valence-corrected chi connectivity index (χ2v) is 4.39. The molecule has 1 aliphatic rings. The molecule has 0 radical (unpaired) electrons. The van der Waals surface area contributed by atoms with Crippen molar-refractivity contribution in [2.24, 2.45) is 5.41 Å². The fourth-order valence-corrected chi connectivity index (χ4v) is 2.38. The molecule has 0 aliphatic heterocycles. The third-order valence-corrected chi connectivity index (χ3v) is 3.29. The van der Waals surface area contributed by atoms with Crippen molar-refractivity contribution in [3.05, 3.63) is 0 Å². The Bertz CT molecular complexity index is 199. The molecule has 13 heavy (non-hydrogen) atoms. The summed E-state index contributed by atoms with van der Waals surface area (Å²) in [5.74, 6) is 0. The van der Waals surface area contributed by atoms with Crippen LogP contribution in [0.25, 0.3) is 0 Å². The standard InChI is InChI=1S/C11H20N2/c1-4-6-10(13(2)3)11(9-12)7-5-8-11/h10H,4-8H2,1-3H3. The molecule has 2 heteroatoms. The lowest BCUT2D eigenvalue weighted by Gasteiger charge is -2.45. The molecule has 74 valence electrons. The van der Waals surface area contributed by atoms with Crippen molar-refractivity contribution < 1.29 is 0 Å². The van der Waals surface area contributed by atoms with Gasteiger partial charge in [0.2, 0.25) is 0 Å². The van der Waals surface area contributed by atoms with E-state index in [4.69, 9.17) is 0 Å². The van der Waals surface area contributed by atoms with Gasteiger partial charge in [-0.3, -0.25) is 0 Å². The first-order valence-electron chi connectivity index (χ1n) is 5.24. The Hall–Kier alpha value is -0.550. The minimum atomic E-state index is -0.0144. The van der Waals surface area contributed by atoms with E-state index in [1.807, 2.05) is 0 Å². The first-order valence-corrected chi connectivity index (χ1v) is 5.24. The van der Waals surface area contributed by atoms with Gasteiger partial charge in [-0.15, -0.1) is 0 Å². The third kappa shape index (κ3) is 1.86. The summed E-state index contributed by atoms with van der Waals surface area (Å²) in [5, 5.41) is 9.21. The molecular weight excluding hydrogens is 160 g/mol. The highest BCUT2D eigenvalue weighted by atomic mass is 15.1. The van der Waals surface area contributed by atoms with E-state index in [9.17, 15) is 5.26 Å². The molecule has 0 N–H and O–H groups in total. The predicted octanol–water partition coefficient (Wildman–Crippen LogP) is 2.41. The lowest BCUT2D eigenvalue weighted by molar-refractivity contribution is 0.0686. The minimum absolute atomic E-state index is 0.0144. The Labute approximate surface area is 81.5 Å². The summed E-state index contributed by atoms with van der Waals surface area (Å²) in [7, 11) is 4.19. The van der Waals surface area contributed by atoms with E-state index in [2.05, 4.69) is 32.0 Å². The maximum absolute atomic E-state index is 9.21. The quantitative estimate of drug-likeness (QED) is 0.664. The van der Waals surface area contributed by atoms with Gasteiger partial charge in [-0.2, -0.15) is 5.26 Å². The van der Waals surface area contributed by atoms with Crippen LogP contribution in [0.15, 0.2) is 0 Å². The molecule has 1 aliphatic carbocycles. The summed E-state index contributed by atoms with van der Waals surface area (Å²) in [5.41, 5.74) is -0.0144. The van der Waals surface area contributed by atoms with Crippen LogP contribution < -0.4 is 0 Å². The molecule has 0 aromatic rings. The highest BCUT2D eigenvalue weighted by Gasteiger charge is 2.44. The lowest BCUT2D eigenvalue weighted by atomic mass is 9.63. The van der Waals surface area contributed by atoms with Crippen LogP contribution in [0.4, 0.5) is 0 Å². The number of nitrogens with zero attached hydrogens (tertiary/aromatic N) is 2. The zero-order chi connectivity index (χ0) is 9.90. The average molecular weight is 180 g/mol. The first kappa shape index (κ1) is 10.5. The van der Waals surface area contributed by atoms with Gasteiger partial charge in [0.25, 0.3) is 0 Å². The number of hydrogen-bond acceptors (Lipinski definition) is 2. The van der Waals surface area contributed by atoms with Crippen molar-refractivity contribution >= 4 is 0 Å². The Kier molecular flexibility index (Phi) is 3.33. The molecule has 0 spiro atoms. The normalized spacial score (nSPS) is 22.1. The summed E-state index contributed by atoms with van der Waals surface area (Å²) in [4.78, 5) is 2.23. The van der Waals surface area contributed by atoms with E-state index in [0.717, 1.165) is 19.3 Å². The van der Waals surface area contributed by atoms with Crippen LogP contribution in [-0.2, 0) is 0 Å². The second kappa shape index (κ2) is 4.11. The second-order valence-electron chi connectivity index (χ2n) is 4.39. The van der Waals surface area contributed by atoms with E-state index in [-0.39, 0.29) is 5.41 Å². The van der Waals surface area contributed by atoms with E-state index in [1.165, 1.54) is 12.8 Å². The van der Waals surface area contributed by atoms with Gasteiger partial charge in [-0.05, 0) is 33.4 Å². The van der Waals surface area contributed by atoms with Crippen LogP contribution in [0.1, 0.15) is 39.0 Å². The smallest absolute Gasteiger partial charge is 0.0728 e. The molecule has 0 aromatic carbocycles. The van der Waals surface area contributed by atoms with E-state index in [0.29, 0.717) is 6.04 Å². The molecule has 1 atom stereocenters. The zero-order valence-electron chi connectivity index (χ0n) is 9.01. The Balaban J connectivity index is 2.68. The fourth-order valence-electron chi connectivity index (χ4n) is 2.38. The van der Waals surface area contributed by atoms with E-state index in [1.54, 1.807) is 0 Å². The van der Waals surface area contributed by atoms with Crippen LogP contribution in [0.3, 0.4) is 0 Å². The van der Waals surface area contributed by atoms with Crippen LogP contribution in [-0.4, -0.2) is 25.0 Å². The Morgan fingerprint density at radius 3 is 2.31 bits per heavy atom. The Morgan fingerprint density at radius 1 is 1.46 bits per heavy atom. The average Bonchev–Trinajstić information content (AvgIpc) is 2.01. The highest BCUT2D eigenvalue weighted by molar-refractivity contribution is 5.10. The van der Waals surface area contributed by atoms with Crippen LogP contribution in [0.5, 0.6) is 0 Å². The SMILES string of the molecule is CCCC(N(C)C)C1(C#N)CCC1. The van der Waals surface area contributed by atoms with Crippen molar-refractivity contribution in [1.82, 2.24) is 4.90 Å². The van der Waals surface area contributed by atoms with E-state index >= 15 is 0 Å². The minimum Gasteiger partial charge on any atom is -0.305 e. The monoisotopic (exact) mass is 180 g/mol. The molecule has 0 amide bonds. The van der Waals surface area contributed by atoms with Gasteiger partial charge in [0, 0.05) is 6.04 Å². The first-order chi connectivity index (χ1) is 6.16. The predicted molar refractivity (Wildman–Crippen MR) is 54.3 cm³/mol. The van der Waals surface area contributed by atoms with Gasteiger partial charge in [0.15, 0.2) is 0 Å². The molecule has 1 rings (SSSR count). The van der Waals surface area contributed by atoms with Gasteiger partial charge in [0.05, 0.1) is 11.5 Å². The van der Waals surface area contributed by atoms with Crippen molar-refractivity contribution in [1.29, 1.82) is 5.26 Å². The van der Waals surface area contributed by atoms with Crippen LogP contribution in [0, 0.1) is 16.7 Å². The van der Waals surface area contributed by atoms with Gasteiger partial charge in [-0.25, -0.2) is 0 Å². The summed E-state index contributed by atoms with van der Waals surface area (Å²) < 4.78 is 0. The summed E-state index contributed by atoms with van der Waals surface area (Å²) in [6.45, 7) is 2.19. The number of nitriles is 1. The fraction of sp³-hybridized carbons (Fsp3) is 0.909. The van der Waals surface area contributed by atoms with Gasteiger partial charge < -0.3 is 4.90 Å². The third-order valence-electron chi connectivity index (χ3n) is 3.29. The van der Waals surface area contributed by atoms with Crippen molar-refractivity contribution in [2.45, 2.75) is 45.1 Å². The maximum Gasteiger partial charge on any atom is 0.0728 e. The van der Waals surface area contributed by atoms with Gasteiger partial charge in [-0.1, -0.05) is 19.8 Å². The highest BCUT2D eigenvalue weighted by Crippen LogP contribution is 2.46. The summed E-state index contributed by atoms with van der Waals surface area (Å²) in [6, 6.07) is 3.01. The number of hydrogen-bond donors (Lipinski definition) is 0. The molecular formula is C11H20N2. The summed E-state index contributed by atoms with van der Waals surface area (Å²) in [6.07, 6.45) is 5.77. The van der Waals surface area contributed by atoms with Crippen LogP contribution >= 0.6 is 0 Å².